The van der Waals surface area contributed by atoms with Gasteiger partial charge < -0.3 is 31.7 Å². The summed E-state index contributed by atoms with van der Waals surface area (Å²) in [6, 6.07) is 1.80. The van der Waals surface area contributed by atoms with Gasteiger partial charge in [0.05, 0.1) is 39.1 Å². The molecule has 0 amide bonds. The normalized spacial score (nSPS) is 11.9. The molecule has 2 aromatic carbocycles. The van der Waals surface area contributed by atoms with Crippen molar-refractivity contribution in [3.05, 3.63) is 113 Å². The summed E-state index contributed by atoms with van der Waals surface area (Å²) in [6.45, 7) is 0.830. The van der Waals surface area contributed by atoms with Crippen molar-refractivity contribution >= 4 is 74.3 Å². The van der Waals surface area contributed by atoms with Crippen molar-refractivity contribution in [1.82, 2.24) is 19.1 Å². The van der Waals surface area contributed by atoms with Crippen LogP contribution in [-0.4, -0.2) is 53.9 Å². The number of hydrogen-bond donors (Lipinski definition) is 5. The molecule has 4 aromatic heterocycles. The highest BCUT2D eigenvalue weighted by Gasteiger charge is 2.27. The van der Waals surface area contributed by atoms with Gasteiger partial charge in [-0.15, -0.1) is 0 Å². The molecule has 1 atom stereocenters. The molecule has 4 heterocycles. The Bertz CT molecular complexity index is 2800. The number of carboxylic acid groups (broad SMARTS) is 2. The molecule has 284 valence electrons. The number of carboxylic acids is 2. The van der Waals surface area contributed by atoms with E-state index in [4.69, 9.17) is 39.4 Å². The lowest BCUT2D eigenvalue weighted by Crippen LogP contribution is -2.25. The van der Waals surface area contributed by atoms with E-state index in [1.165, 1.54) is 6.92 Å². The third-order valence-electron chi connectivity index (χ3n) is 8.00. The van der Waals surface area contributed by atoms with Crippen molar-refractivity contribution < 1.29 is 50.9 Å². The minimum Gasteiger partial charge on any atom is -0.484 e. The number of nitrogens with one attached hydrogen (secondary N) is 1. The molecule has 6 rings (SSSR count). The minimum absolute atomic E-state index is 0.328. The van der Waals surface area contributed by atoms with Crippen LogP contribution in [0.3, 0.4) is 0 Å². The van der Waals surface area contributed by atoms with E-state index in [1.54, 1.807) is 0 Å². The van der Waals surface area contributed by atoms with E-state index in [0.29, 0.717) is 45.8 Å². The highest BCUT2D eigenvalue weighted by atomic mass is 35.5. The summed E-state index contributed by atoms with van der Waals surface area (Å²) >= 11 is 13.0. The Hall–Kier alpha value is -6.54. The van der Waals surface area contributed by atoms with Gasteiger partial charge in [0.1, 0.15) is 28.1 Å². The zero-order valence-electron chi connectivity index (χ0n) is 27.2. The number of halogens is 8. The summed E-state index contributed by atoms with van der Waals surface area (Å²) in [5.41, 5.74) is 4.97. The standard InChI is InChI=1S/C33H19Cl2F6N7O7/c1-9(55-27-15(37)3-11-24(21(27)35)48(8-13(26(11)50)33(53)54)31-19(41)5-17(39)29(43)46-31)6-44-22-14(36)2-10-23(20(22)34)47(7-12(25(10)49)32(51)52)30-18(40)4-16(38)28(42)45-30/h2-5,7-9,44H,6H2,1H3,(H2,42,45)(H2,43,46)(H,51,52)(H,53,54). The predicted molar refractivity (Wildman–Crippen MR) is 186 cm³/mol. The second kappa shape index (κ2) is 14.0. The van der Waals surface area contributed by atoms with E-state index in [-0.39, 0.29) is 0 Å². The van der Waals surface area contributed by atoms with Crippen molar-refractivity contribution in [2.24, 2.45) is 0 Å². The molecule has 0 saturated carbocycles. The summed E-state index contributed by atoms with van der Waals surface area (Å²) in [6.07, 6.45) is 0.0117. The van der Waals surface area contributed by atoms with Gasteiger partial charge in [0.2, 0.25) is 10.9 Å². The lowest BCUT2D eigenvalue weighted by atomic mass is 10.1. The number of pyridine rings is 4. The van der Waals surface area contributed by atoms with Crippen LogP contribution in [-0.2, 0) is 0 Å². The lowest BCUT2D eigenvalue weighted by molar-refractivity contribution is 0.0684. The van der Waals surface area contributed by atoms with Gasteiger partial charge in [-0.2, -0.15) is 0 Å². The summed E-state index contributed by atoms with van der Waals surface area (Å²) in [7, 11) is 0. The number of ether oxygens (including phenoxy) is 1. The Balaban J connectivity index is 1.43. The van der Waals surface area contributed by atoms with E-state index in [0.717, 1.165) is 0 Å². The topological polar surface area (TPSA) is 218 Å². The number of nitrogens with zero attached hydrogens (tertiary/aromatic N) is 4. The molecule has 6 aromatic rings. The maximum absolute atomic E-state index is 15.6. The Morgan fingerprint density at radius 3 is 1.64 bits per heavy atom. The van der Waals surface area contributed by atoms with Crippen LogP contribution in [0.5, 0.6) is 5.75 Å². The van der Waals surface area contributed by atoms with Gasteiger partial charge in [-0.05, 0) is 19.1 Å². The van der Waals surface area contributed by atoms with Crippen LogP contribution >= 0.6 is 23.2 Å². The summed E-state index contributed by atoms with van der Waals surface area (Å²) in [4.78, 5) is 56.9. The van der Waals surface area contributed by atoms with Crippen molar-refractivity contribution in [2.75, 3.05) is 23.3 Å². The fraction of sp³-hybridized carbons (Fsp3) is 0.0909. The van der Waals surface area contributed by atoms with E-state index in [1.807, 2.05) is 0 Å². The number of carbonyl (C=O) groups is 2. The van der Waals surface area contributed by atoms with Crippen LogP contribution in [0.1, 0.15) is 27.6 Å². The van der Waals surface area contributed by atoms with Gasteiger partial charge in [-0.3, -0.25) is 18.7 Å². The minimum atomic E-state index is -1.80. The SMILES string of the molecule is CC(CNc1c(F)cc2c(=O)c(C(=O)O)cn(-c3nc(N)c(F)cc3F)c2c1Cl)Oc1c(F)cc2c(=O)c(C(=O)O)cn(-c3nc(N)c(F)cc3F)c2c1Cl. The summed E-state index contributed by atoms with van der Waals surface area (Å²) in [5, 5.41) is 19.1. The molecule has 0 spiro atoms. The first-order valence-corrected chi connectivity index (χ1v) is 15.8. The van der Waals surface area contributed by atoms with Crippen LogP contribution in [0.15, 0.2) is 46.2 Å². The molecule has 0 aliphatic carbocycles. The zero-order chi connectivity index (χ0) is 40.4. The molecular weight excluding hydrogens is 791 g/mol. The quantitative estimate of drug-likeness (QED) is 0.112. The maximum atomic E-state index is 15.6. The number of nitrogen functional groups attached to an aromatic ring is 2. The molecular formula is C33H19Cl2F6N7O7. The Morgan fingerprint density at radius 1 is 0.745 bits per heavy atom. The monoisotopic (exact) mass is 809 g/mol. The number of aromatic nitrogens is 4. The molecule has 14 nitrogen and oxygen atoms in total. The highest BCUT2D eigenvalue weighted by Crippen LogP contribution is 2.38. The van der Waals surface area contributed by atoms with Gasteiger partial charge in [-0.25, -0.2) is 45.9 Å². The van der Waals surface area contributed by atoms with Crippen LogP contribution in [0, 0.1) is 34.9 Å². The second-order valence-corrected chi connectivity index (χ2v) is 12.3. The number of anilines is 3. The number of aromatic carboxylic acids is 2. The van der Waals surface area contributed by atoms with Gasteiger partial charge in [0.15, 0.2) is 58.1 Å². The van der Waals surface area contributed by atoms with Crippen LogP contribution in [0.25, 0.3) is 33.4 Å². The fourth-order valence-corrected chi connectivity index (χ4v) is 6.17. The number of fused-ring (bicyclic) bond motifs is 2. The third-order valence-corrected chi connectivity index (χ3v) is 8.72. The molecule has 0 aliphatic heterocycles. The maximum Gasteiger partial charge on any atom is 0.341 e. The molecule has 7 N–H and O–H groups in total. The van der Waals surface area contributed by atoms with Gasteiger partial charge >= 0.3 is 11.9 Å². The van der Waals surface area contributed by atoms with E-state index in [2.05, 4.69) is 15.3 Å². The zero-order valence-corrected chi connectivity index (χ0v) is 28.7. The number of rotatable bonds is 9. The summed E-state index contributed by atoms with van der Waals surface area (Å²) < 4.78 is 95.9. The smallest absolute Gasteiger partial charge is 0.341 e. The first-order chi connectivity index (χ1) is 25.8. The van der Waals surface area contributed by atoms with Gasteiger partial charge in [-0.1, -0.05) is 23.2 Å². The van der Waals surface area contributed by atoms with Crippen molar-refractivity contribution in [2.45, 2.75) is 13.0 Å². The first-order valence-electron chi connectivity index (χ1n) is 15.1. The number of nitrogens with two attached hydrogens (primary N) is 2. The second-order valence-electron chi connectivity index (χ2n) is 11.6. The van der Waals surface area contributed by atoms with Crippen LogP contribution < -0.4 is 32.4 Å². The van der Waals surface area contributed by atoms with Gasteiger partial charge in [0.25, 0.3) is 0 Å². The largest absolute Gasteiger partial charge is 0.484 e. The molecule has 55 heavy (non-hydrogen) atoms. The molecule has 0 aliphatic rings. The fourth-order valence-electron chi connectivity index (χ4n) is 5.49. The van der Waals surface area contributed by atoms with Crippen molar-refractivity contribution in [3.63, 3.8) is 0 Å². The van der Waals surface area contributed by atoms with Crippen LogP contribution in [0.2, 0.25) is 10.0 Å². The van der Waals surface area contributed by atoms with E-state index >= 15 is 8.78 Å². The molecule has 0 bridgehead atoms. The van der Waals surface area contributed by atoms with Crippen molar-refractivity contribution in [3.8, 4) is 17.4 Å². The molecule has 0 radical (unpaired) electrons. The molecule has 22 heteroatoms. The average Bonchev–Trinajstić information content (AvgIpc) is 3.10. The third kappa shape index (κ3) is 6.54. The van der Waals surface area contributed by atoms with Crippen LogP contribution in [0.4, 0.5) is 43.7 Å². The number of hydrogen-bond acceptors (Lipinski definition) is 10. The number of benzene rings is 2. The molecule has 1 unspecified atom stereocenters. The summed E-state index contributed by atoms with van der Waals surface area (Å²) in [5.74, 6) is -15.5. The van der Waals surface area contributed by atoms with E-state index in [9.17, 15) is 47.0 Å². The Morgan fingerprint density at radius 2 is 1.18 bits per heavy atom. The first kappa shape index (κ1) is 38.2. The Labute approximate surface area is 310 Å². The average molecular weight is 810 g/mol. The Kier molecular flexibility index (Phi) is 9.74. The predicted octanol–water partition coefficient (Wildman–Crippen LogP) is 5.67. The van der Waals surface area contributed by atoms with Gasteiger partial charge in [0, 0.05) is 24.5 Å². The van der Waals surface area contributed by atoms with E-state index < -0.39 is 148 Å². The lowest BCUT2D eigenvalue weighted by Gasteiger charge is -2.21. The highest BCUT2D eigenvalue weighted by molar-refractivity contribution is 6.38. The van der Waals surface area contributed by atoms with Crippen molar-refractivity contribution in [1.29, 1.82) is 0 Å². The molecule has 0 fully saturated rings. The molecule has 0 saturated heterocycles.